The molecule has 2 rings (SSSR count). The van der Waals surface area contributed by atoms with Crippen molar-refractivity contribution in [3.05, 3.63) is 33.9 Å². The number of rotatable bonds is 3. The number of nitrogens with zero attached hydrogens (tertiary/aromatic N) is 2. The normalized spacial score (nSPS) is 22.5. The molecule has 1 aliphatic heterocycles. The fraction of sp³-hybridized carbons (Fsp3) is 0.417. The van der Waals surface area contributed by atoms with Gasteiger partial charge in [-0.25, -0.2) is 0 Å². The standard InChI is InChI=1S/C12H16N4O3/c1-7-5-15(6-10(7)13)11-3-2-8(16(18)19)4-9(11)12(14)17/h2-4,7,10H,5-6,13H2,1H3,(H2,14,17). The van der Waals surface area contributed by atoms with Crippen molar-refractivity contribution in [2.45, 2.75) is 13.0 Å². The molecule has 1 fully saturated rings. The molecule has 19 heavy (non-hydrogen) atoms. The van der Waals surface area contributed by atoms with Gasteiger partial charge >= 0.3 is 0 Å². The Kier molecular flexibility index (Phi) is 3.39. The number of hydrogen-bond acceptors (Lipinski definition) is 5. The number of primary amides is 1. The number of benzene rings is 1. The maximum absolute atomic E-state index is 11.5. The lowest BCUT2D eigenvalue weighted by molar-refractivity contribution is -0.384. The molecule has 7 nitrogen and oxygen atoms in total. The van der Waals surface area contributed by atoms with Gasteiger partial charge in [0.05, 0.1) is 16.2 Å². The lowest BCUT2D eigenvalue weighted by atomic mass is 10.1. The Morgan fingerprint density at radius 3 is 2.63 bits per heavy atom. The summed E-state index contributed by atoms with van der Waals surface area (Å²) >= 11 is 0. The molecule has 2 atom stereocenters. The predicted molar refractivity (Wildman–Crippen MR) is 71.0 cm³/mol. The van der Waals surface area contributed by atoms with Crippen molar-refractivity contribution >= 4 is 17.3 Å². The third-order valence-corrected chi connectivity index (χ3v) is 3.47. The van der Waals surface area contributed by atoms with Crippen LogP contribution >= 0.6 is 0 Å². The molecule has 0 radical (unpaired) electrons. The molecule has 7 heteroatoms. The summed E-state index contributed by atoms with van der Waals surface area (Å²) in [5, 5.41) is 10.7. The van der Waals surface area contributed by atoms with Crippen molar-refractivity contribution in [2.24, 2.45) is 17.4 Å². The zero-order chi connectivity index (χ0) is 14.2. The molecule has 0 bridgehead atoms. The molecule has 1 aliphatic rings. The number of hydrogen-bond donors (Lipinski definition) is 2. The van der Waals surface area contributed by atoms with Gasteiger partial charge in [0.25, 0.3) is 11.6 Å². The van der Waals surface area contributed by atoms with Crippen molar-refractivity contribution in [3.63, 3.8) is 0 Å². The molecule has 0 saturated carbocycles. The Hall–Kier alpha value is -2.15. The first-order valence-corrected chi connectivity index (χ1v) is 5.99. The van der Waals surface area contributed by atoms with Gasteiger partial charge in [0, 0.05) is 31.3 Å². The molecule has 0 aromatic heterocycles. The van der Waals surface area contributed by atoms with Crippen LogP contribution in [0.25, 0.3) is 0 Å². The van der Waals surface area contributed by atoms with Crippen LogP contribution in [-0.2, 0) is 0 Å². The average molecular weight is 264 g/mol. The maximum Gasteiger partial charge on any atom is 0.270 e. The van der Waals surface area contributed by atoms with Crippen LogP contribution in [-0.4, -0.2) is 30.0 Å². The van der Waals surface area contributed by atoms with Gasteiger partial charge in [0.15, 0.2) is 0 Å². The van der Waals surface area contributed by atoms with Crippen LogP contribution in [0.5, 0.6) is 0 Å². The van der Waals surface area contributed by atoms with Gasteiger partial charge in [0.1, 0.15) is 0 Å². The number of nitro benzene ring substituents is 1. The number of carbonyl (C=O) groups excluding carboxylic acids is 1. The van der Waals surface area contributed by atoms with E-state index < -0.39 is 10.8 Å². The molecule has 1 aromatic rings. The molecule has 102 valence electrons. The van der Waals surface area contributed by atoms with Gasteiger partial charge in [-0.15, -0.1) is 0 Å². The van der Waals surface area contributed by atoms with Gasteiger partial charge in [-0.2, -0.15) is 0 Å². The summed E-state index contributed by atoms with van der Waals surface area (Å²) in [5.74, 6) is -0.372. The summed E-state index contributed by atoms with van der Waals surface area (Å²) in [6.07, 6.45) is 0. The summed E-state index contributed by atoms with van der Waals surface area (Å²) in [7, 11) is 0. The van der Waals surface area contributed by atoms with E-state index in [4.69, 9.17) is 11.5 Å². The fourth-order valence-electron chi connectivity index (χ4n) is 2.30. The lowest BCUT2D eigenvalue weighted by Gasteiger charge is -2.20. The van der Waals surface area contributed by atoms with Crippen LogP contribution in [0, 0.1) is 16.0 Å². The van der Waals surface area contributed by atoms with Crippen LogP contribution in [0.1, 0.15) is 17.3 Å². The van der Waals surface area contributed by atoms with Crippen molar-refractivity contribution < 1.29 is 9.72 Å². The quantitative estimate of drug-likeness (QED) is 0.608. The fourth-order valence-corrected chi connectivity index (χ4v) is 2.30. The van der Waals surface area contributed by atoms with E-state index in [1.165, 1.54) is 12.1 Å². The van der Waals surface area contributed by atoms with Crippen LogP contribution in [0.15, 0.2) is 18.2 Å². The number of anilines is 1. The second-order valence-electron chi connectivity index (χ2n) is 4.87. The predicted octanol–water partition coefficient (Wildman–Crippen LogP) is 0.477. The average Bonchev–Trinajstić information content (AvgIpc) is 2.68. The second-order valence-corrected chi connectivity index (χ2v) is 4.87. The second kappa shape index (κ2) is 4.85. The first kappa shape index (κ1) is 13.3. The van der Waals surface area contributed by atoms with E-state index >= 15 is 0 Å². The Balaban J connectivity index is 2.40. The zero-order valence-electron chi connectivity index (χ0n) is 10.6. The number of carbonyl (C=O) groups is 1. The van der Waals surface area contributed by atoms with E-state index in [-0.39, 0.29) is 17.3 Å². The summed E-state index contributed by atoms with van der Waals surface area (Å²) in [4.78, 5) is 23.6. The number of amides is 1. The molecule has 0 spiro atoms. The smallest absolute Gasteiger partial charge is 0.270 e. The Bertz CT molecular complexity index is 522. The summed E-state index contributed by atoms with van der Waals surface area (Å²) in [5.41, 5.74) is 11.9. The molecule has 0 aliphatic carbocycles. The first-order valence-electron chi connectivity index (χ1n) is 5.99. The van der Waals surface area contributed by atoms with Gasteiger partial charge < -0.3 is 16.4 Å². The summed E-state index contributed by atoms with van der Waals surface area (Å²) < 4.78 is 0. The van der Waals surface area contributed by atoms with Crippen molar-refractivity contribution in [1.82, 2.24) is 0 Å². The van der Waals surface area contributed by atoms with E-state index in [1.54, 1.807) is 6.07 Å². The molecule has 1 amide bonds. The van der Waals surface area contributed by atoms with Crippen LogP contribution < -0.4 is 16.4 Å². The largest absolute Gasteiger partial charge is 0.369 e. The van der Waals surface area contributed by atoms with Gasteiger partial charge in [-0.1, -0.05) is 6.92 Å². The number of nitro groups is 1. The molecule has 2 unspecified atom stereocenters. The van der Waals surface area contributed by atoms with Gasteiger partial charge in [-0.3, -0.25) is 14.9 Å². The Morgan fingerprint density at radius 2 is 2.16 bits per heavy atom. The van der Waals surface area contributed by atoms with Crippen molar-refractivity contribution in [2.75, 3.05) is 18.0 Å². The van der Waals surface area contributed by atoms with E-state index in [2.05, 4.69) is 0 Å². The third-order valence-electron chi connectivity index (χ3n) is 3.47. The van der Waals surface area contributed by atoms with E-state index in [9.17, 15) is 14.9 Å². The third kappa shape index (κ3) is 2.50. The molecule has 4 N–H and O–H groups in total. The van der Waals surface area contributed by atoms with E-state index in [0.717, 1.165) is 0 Å². The minimum atomic E-state index is -0.674. The lowest BCUT2D eigenvalue weighted by Crippen LogP contribution is -2.29. The highest BCUT2D eigenvalue weighted by atomic mass is 16.6. The minimum absolute atomic E-state index is 0.0240. The molecular formula is C12H16N4O3. The molecule has 1 aromatic carbocycles. The maximum atomic E-state index is 11.5. The Labute approximate surface area is 110 Å². The van der Waals surface area contributed by atoms with Crippen LogP contribution in [0.3, 0.4) is 0 Å². The monoisotopic (exact) mass is 264 g/mol. The van der Waals surface area contributed by atoms with E-state index in [1.807, 2.05) is 11.8 Å². The van der Waals surface area contributed by atoms with Crippen LogP contribution in [0.4, 0.5) is 11.4 Å². The van der Waals surface area contributed by atoms with Crippen molar-refractivity contribution in [3.8, 4) is 0 Å². The zero-order valence-corrected chi connectivity index (χ0v) is 10.6. The molecular weight excluding hydrogens is 248 g/mol. The van der Waals surface area contributed by atoms with Gasteiger partial charge in [-0.05, 0) is 12.0 Å². The van der Waals surface area contributed by atoms with E-state index in [0.29, 0.717) is 24.7 Å². The SMILES string of the molecule is CC1CN(c2ccc([N+](=O)[O-])cc2C(N)=O)CC1N. The Morgan fingerprint density at radius 1 is 1.47 bits per heavy atom. The summed E-state index contributed by atoms with van der Waals surface area (Å²) in [6, 6.07) is 4.17. The number of nitrogens with two attached hydrogens (primary N) is 2. The molecule has 1 heterocycles. The highest BCUT2D eigenvalue weighted by Gasteiger charge is 2.29. The summed E-state index contributed by atoms with van der Waals surface area (Å²) in [6.45, 7) is 3.35. The van der Waals surface area contributed by atoms with Crippen molar-refractivity contribution in [1.29, 1.82) is 0 Å². The topological polar surface area (TPSA) is 115 Å². The minimum Gasteiger partial charge on any atom is -0.369 e. The molecule has 1 saturated heterocycles. The highest BCUT2D eigenvalue weighted by molar-refractivity contribution is 5.99. The highest BCUT2D eigenvalue weighted by Crippen LogP contribution is 2.29. The van der Waals surface area contributed by atoms with Crippen LogP contribution in [0.2, 0.25) is 0 Å². The first-order chi connectivity index (χ1) is 8.90. The number of non-ortho nitro benzene ring substituents is 1. The van der Waals surface area contributed by atoms with Gasteiger partial charge in [0.2, 0.25) is 0 Å².